The van der Waals surface area contributed by atoms with Crippen LogP contribution in [0, 0.1) is 0 Å². The molecule has 0 N–H and O–H groups in total. The number of carbonyl (C=O) groups is 3. The zero-order chi connectivity index (χ0) is 59.9. The van der Waals surface area contributed by atoms with Gasteiger partial charge in [0.2, 0.25) is 0 Å². The summed E-state index contributed by atoms with van der Waals surface area (Å²) in [5.74, 6) is -0.991. The van der Waals surface area contributed by atoms with Gasteiger partial charge in [0.05, 0.1) is 0 Å². The molecule has 6 nitrogen and oxygen atoms in total. The molecule has 466 valence electrons. The molecule has 0 aliphatic heterocycles. The van der Waals surface area contributed by atoms with Gasteiger partial charge in [-0.1, -0.05) is 281 Å². The molecule has 83 heavy (non-hydrogen) atoms. The standard InChI is InChI=1S/C77H122O6/c1-4-7-10-13-16-19-22-25-28-31-34-36-38-40-43-46-49-52-55-58-61-64-67-70-76(79)82-73-74(72-81-75(78)69-66-63-60-57-54-51-48-45-42-33-30-27-24-21-18-15-12-9-6-3)83-77(80)71-68-65-62-59-56-53-50-47-44-41-39-37-35-32-29-26-23-20-17-14-11-8-5-2/h7-8,10-11,16-21,25-30,34-37,40,42-43,45,49,52,58,61,74H,4-6,9,12-15,22-24,31-33,38-39,41,44,46-48,50-51,53-57,59-60,62-73H2,1-3H3/b10-7-,11-8-,19-16-,20-17-,21-18-,28-25-,29-26-,30-27-,36-34-,37-35-,43-40-,45-42-,52-49-,61-58-. The Morgan fingerprint density at radius 1 is 0.253 bits per heavy atom. The van der Waals surface area contributed by atoms with Crippen molar-refractivity contribution in [3.05, 3.63) is 170 Å². The molecule has 0 spiro atoms. The molecule has 0 aromatic carbocycles. The lowest BCUT2D eigenvalue weighted by Gasteiger charge is -2.18. The van der Waals surface area contributed by atoms with E-state index in [0.717, 1.165) is 141 Å². The van der Waals surface area contributed by atoms with Crippen molar-refractivity contribution >= 4 is 17.9 Å². The van der Waals surface area contributed by atoms with E-state index in [9.17, 15) is 14.4 Å². The lowest BCUT2D eigenvalue weighted by atomic mass is 10.0. The second kappa shape index (κ2) is 69.3. The van der Waals surface area contributed by atoms with E-state index in [1.54, 1.807) is 0 Å². The monoisotopic (exact) mass is 1140 g/mol. The topological polar surface area (TPSA) is 78.9 Å². The Morgan fingerprint density at radius 2 is 0.482 bits per heavy atom. The minimum Gasteiger partial charge on any atom is -0.462 e. The van der Waals surface area contributed by atoms with Gasteiger partial charge in [-0.25, -0.2) is 0 Å². The van der Waals surface area contributed by atoms with Crippen LogP contribution < -0.4 is 0 Å². The molecule has 0 fully saturated rings. The number of hydrogen-bond acceptors (Lipinski definition) is 6. The van der Waals surface area contributed by atoms with Crippen LogP contribution in [0.5, 0.6) is 0 Å². The average Bonchev–Trinajstić information content (AvgIpc) is 3.49. The molecule has 1 unspecified atom stereocenters. The molecular formula is C77H122O6. The fraction of sp³-hybridized carbons (Fsp3) is 0.597. The van der Waals surface area contributed by atoms with E-state index in [2.05, 4.69) is 191 Å². The molecule has 0 aliphatic carbocycles. The van der Waals surface area contributed by atoms with Gasteiger partial charge in [-0.15, -0.1) is 0 Å². The van der Waals surface area contributed by atoms with Crippen LogP contribution in [0.1, 0.15) is 278 Å². The smallest absolute Gasteiger partial charge is 0.306 e. The van der Waals surface area contributed by atoms with E-state index in [-0.39, 0.29) is 37.5 Å². The van der Waals surface area contributed by atoms with Gasteiger partial charge >= 0.3 is 17.9 Å². The first-order valence-corrected chi connectivity index (χ1v) is 33.6. The average molecular weight is 1140 g/mol. The van der Waals surface area contributed by atoms with Gasteiger partial charge in [0, 0.05) is 19.3 Å². The minimum absolute atomic E-state index is 0.112. The summed E-state index contributed by atoms with van der Waals surface area (Å²) in [6.45, 7) is 6.33. The molecule has 1 atom stereocenters. The molecule has 0 aromatic rings. The van der Waals surface area contributed by atoms with Crippen molar-refractivity contribution in [3.8, 4) is 0 Å². The molecule has 0 saturated heterocycles. The van der Waals surface area contributed by atoms with Crippen molar-refractivity contribution < 1.29 is 28.6 Å². The van der Waals surface area contributed by atoms with Crippen LogP contribution in [0.25, 0.3) is 0 Å². The number of unbranched alkanes of at least 4 members (excludes halogenated alkanes) is 20. The first-order valence-electron chi connectivity index (χ1n) is 33.6. The molecule has 0 amide bonds. The van der Waals surface area contributed by atoms with Crippen LogP contribution in [0.15, 0.2) is 170 Å². The highest BCUT2D eigenvalue weighted by molar-refractivity contribution is 5.71. The summed E-state index contributed by atoms with van der Waals surface area (Å²) < 4.78 is 16.9. The fourth-order valence-electron chi connectivity index (χ4n) is 8.72. The fourth-order valence-corrected chi connectivity index (χ4v) is 8.72. The quantitative estimate of drug-likeness (QED) is 0.0261. The van der Waals surface area contributed by atoms with Gasteiger partial charge in [0.15, 0.2) is 6.10 Å². The maximum absolute atomic E-state index is 13.0. The van der Waals surface area contributed by atoms with Gasteiger partial charge in [-0.05, 0) is 148 Å². The normalized spacial score (nSPS) is 13.2. The Balaban J connectivity index is 4.54. The van der Waals surface area contributed by atoms with Crippen LogP contribution >= 0.6 is 0 Å². The van der Waals surface area contributed by atoms with E-state index in [4.69, 9.17) is 14.2 Å². The lowest BCUT2D eigenvalue weighted by molar-refractivity contribution is -0.167. The van der Waals surface area contributed by atoms with Crippen LogP contribution in [0.4, 0.5) is 0 Å². The van der Waals surface area contributed by atoms with Crippen molar-refractivity contribution in [1.29, 1.82) is 0 Å². The van der Waals surface area contributed by atoms with Crippen molar-refractivity contribution in [2.24, 2.45) is 0 Å². The highest BCUT2D eigenvalue weighted by Gasteiger charge is 2.19. The lowest BCUT2D eigenvalue weighted by Crippen LogP contribution is -2.30. The molecular weight excluding hydrogens is 1020 g/mol. The third kappa shape index (κ3) is 67.4. The van der Waals surface area contributed by atoms with E-state index in [1.807, 2.05) is 0 Å². The Kier molecular flexibility index (Phi) is 64.9. The Bertz CT molecular complexity index is 1890. The number of ether oxygens (including phenoxy) is 3. The Hall–Kier alpha value is -5.23. The zero-order valence-electron chi connectivity index (χ0n) is 53.4. The Labute approximate surface area is 511 Å². The number of hydrogen-bond donors (Lipinski definition) is 0. The molecule has 0 bridgehead atoms. The molecule has 0 radical (unpaired) electrons. The summed E-state index contributed by atoms with van der Waals surface area (Å²) in [4.78, 5) is 38.4. The predicted molar refractivity (Wildman–Crippen MR) is 361 cm³/mol. The van der Waals surface area contributed by atoms with Gasteiger partial charge < -0.3 is 14.2 Å². The maximum atomic E-state index is 13.0. The van der Waals surface area contributed by atoms with Gasteiger partial charge in [0.1, 0.15) is 13.2 Å². The van der Waals surface area contributed by atoms with E-state index < -0.39 is 6.10 Å². The van der Waals surface area contributed by atoms with Gasteiger partial charge in [0.25, 0.3) is 0 Å². The number of allylic oxidation sites excluding steroid dienone is 28. The predicted octanol–water partition coefficient (Wildman–Crippen LogP) is 23.4. The van der Waals surface area contributed by atoms with Crippen LogP contribution in [-0.4, -0.2) is 37.2 Å². The summed E-state index contributed by atoms with van der Waals surface area (Å²) in [6.07, 6.45) is 102. The van der Waals surface area contributed by atoms with Crippen LogP contribution in [-0.2, 0) is 28.6 Å². The number of rotatable bonds is 59. The minimum atomic E-state index is -0.821. The largest absolute Gasteiger partial charge is 0.462 e. The summed E-state index contributed by atoms with van der Waals surface area (Å²) in [5, 5.41) is 0. The zero-order valence-corrected chi connectivity index (χ0v) is 53.4. The van der Waals surface area contributed by atoms with E-state index >= 15 is 0 Å². The van der Waals surface area contributed by atoms with Crippen LogP contribution in [0.2, 0.25) is 0 Å². The van der Waals surface area contributed by atoms with Crippen molar-refractivity contribution in [2.75, 3.05) is 13.2 Å². The molecule has 0 rings (SSSR count). The summed E-state index contributed by atoms with van der Waals surface area (Å²) in [7, 11) is 0. The van der Waals surface area contributed by atoms with Crippen molar-refractivity contribution in [2.45, 2.75) is 284 Å². The second-order valence-electron chi connectivity index (χ2n) is 21.6. The molecule has 6 heteroatoms. The van der Waals surface area contributed by atoms with Gasteiger partial charge in [-0.3, -0.25) is 14.4 Å². The molecule has 0 aromatic heterocycles. The first-order chi connectivity index (χ1) is 41.0. The van der Waals surface area contributed by atoms with E-state index in [0.29, 0.717) is 19.3 Å². The third-order valence-corrected chi connectivity index (χ3v) is 13.7. The van der Waals surface area contributed by atoms with Crippen molar-refractivity contribution in [1.82, 2.24) is 0 Å². The highest BCUT2D eigenvalue weighted by Crippen LogP contribution is 2.15. The third-order valence-electron chi connectivity index (χ3n) is 13.7. The molecule has 0 aliphatic rings. The molecule has 0 saturated carbocycles. The summed E-state index contributed by atoms with van der Waals surface area (Å²) >= 11 is 0. The van der Waals surface area contributed by atoms with E-state index in [1.165, 1.54) is 89.9 Å². The number of esters is 3. The van der Waals surface area contributed by atoms with Crippen molar-refractivity contribution in [3.63, 3.8) is 0 Å². The van der Waals surface area contributed by atoms with Crippen LogP contribution in [0.3, 0.4) is 0 Å². The number of carbonyl (C=O) groups excluding carboxylic acids is 3. The SMILES string of the molecule is CC/C=C\C/C=C\C/C=C\C/C=C\C/C=C\C/C=C\C/C=C\CCCC(=O)OCC(COC(=O)CCCCCCCC/C=C\C/C=C\C/C=C\CCCCC)OC(=O)CCCCCCCCCCCC/C=C\C/C=C\C/C=C\C/C=C\CC. The Morgan fingerprint density at radius 3 is 0.783 bits per heavy atom. The maximum Gasteiger partial charge on any atom is 0.306 e. The van der Waals surface area contributed by atoms with Gasteiger partial charge in [-0.2, -0.15) is 0 Å². The highest BCUT2D eigenvalue weighted by atomic mass is 16.6. The summed E-state index contributed by atoms with van der Waals surface area (Å²) in [5.41, 5.74) is 0. The second-order valence-corrected chi connectivity index (χ2v) is 21.6. The molecule has 0 heterocycles. The summed E-state index contributed by atoms with van der Waals surface area (Å²) in [6, 6.07) is 0. The first kappa shape index (κ1) is 77.8.